The normalized spacial score (nSPS) is 17.8. The number of aryl methyl sites for hydroxylation is 2. The lowest BCUT2D eigenvalue weighted by atomic mass is 10.1. The molecule has 0 saturated carbocycles. The Morgan fingerprint density at radius 1 is 1.33 bits per heavy atom. The summed E-state index contributed by atoms with van der Waals surface area (Å²) in [5.41, 5.74) is 7.97. The third-order valence-electron chi connectivity index (χ3n) is 4.12. The first-order chi connectivity index (χ1) is 10.1. The molecular formula is C15H25N5O. The van der Waals surface area contributed by atoms with Gasteiger partial charge < -0.3 is 10.6 Å². The van der Waals surface area contributed by atoms with Gasteiger partial charge in [-0.15, -0.1) is 0 Å². The van der Waals surface area contributed by atoms with E-state index in [1.807, 2.05) is 24.8 Å². The molecule has 1 amide bonds. The van der Waals surface area contributed by atoms with Crippen LogP contribution in [-0.4, -0.2) is 64.7 Å². The highest BCUT2D eigenvalue weighted by atomic mass is 16.2. The third-order valence-corrected chi connectivity index (χ3v) is 4.12. The van der Waals surface area contributed by atoms with Crippen LogP contribution in [0.15, 0.2) is 6.07 Å². The Labute approximate surface area is 126 Å². The molecule has 0 spiro atoms. The maximum atomic E-state index is 12.7. The van der Waals surface area contributed by atoms with Crippen molar-refractivity contribution in [2.75, 3.05) is 32.7 Å². The molecule has 21 heavy (non-hydrogen) atoms. The fourth-order valence-electron chi connectivity index (χ4n) is 2.65. The highest BCUT2D eigenvalue weighted by Crippen LogP contribution is 2.14. The monoisotopic (exact) mass is 291 g/mol. The van der Waals surface area contributed by atoms with Gasteiger partial charge in [0.15, 0.2) is 0 Å². The topological polar surface area (TPSA) is 75.4 Å². The first kappa shape index (κ1) is 15.9. The summed E-state index contributed by atoms with van der Waals surface area (Å²) in [4.78, 5) is 16.9. The fourth-order valence-corrected chi connectivity index (χ4v) is 2.65. The highest BCUT2D eigenvalue weighted by Gasteiger charge is 2.25. The van der Waals surface area contributed by atoms with E-state index in [-0.39, 0.29) is 5.91 Å². The number of carbonyl (C=O) groups is 1. The van der Waals surface area contributed by atoms with Gasteiger partial charge in [0.1, 0.15) is 0 Å². The Bertz CT molecular complexity index is 497. The maximum Gasteiger partial charge on any atom is 0.255 e. The number of aromatic nitrogens is 2. The molecular weight excluding hydrogens is 266 g/mol. The van der Waals surface area contributed by atoms with Crippen molar-refractivity contribution >= 4 is 5.91 Å². The zero-order chi connectivity index (χ0) is 15.4. The lowest BCUT2D eigenvalue weighted by Crippen LogP contribution is -2.53. The van der Waals surface area contributed by atoms with Crippen molar-refractivity contribution in [2.24, 2.45) is 5.73 Å². The van der Waals surface area contributed by atoms with Crippen LogP contribution in [0.2, 0.25) is 0 Å². The molecule has 1 fully saturated rings. The van der Waals surface area contributed by atoms with Crippen LogP contribution in [0.3, 0.4) is 0 Å². The van der Waals surface area contributed by atoms with Gasteiger partial charge in [0.25, 0.3) is 5.91 Å². The number of nitrogens with two attached hydrogens (primary N) is 1. The molecule has 2 heterocycles. The van der Waals surface area contributed by atoms with Crippen molar-refractivity contribution in [2.45, 2.75) is 33.2 Å². The molecule has 1 atom stereocenters. The minimum atomic E-state index is 0.0740. The van der Waals surface area contributed by atoms with E-state index in [4.69, 9.17) is 5.73 Å². The molecule has 116 valence electrons. The molecule has 1 aliphatic heterocycles. The summed E-state index contributed by atoms with van der Waals surface area (Å²) in [6, 6.07) is 2.22. The summed E-state index contributed by atoms with van der Waals surface area (Å²) in [5, 5.41) is 8.19. The Balaban J connectivity index is 2.07. The number of hydrogen-bond acceptors (Lipinski definition) is 5. The van der Waals surface area contributed by atoms with Gasteiger partial charge in [-0.1, -0.05) is 6.92 Å². The van der Waals surface area contributed by atoms with Gasteiger partial charge in [-0.25, -0.2) is 0 Å². The molecule has 2 rings (SSSR count). The van der Waals surface area contributed by atoms with E-state index < -0.39 is 0 Å². The molecule has 0 radical (unpaired) electrons. The first-order valence-corrected chi connectivity index (χ1v) is 7.63. The smallest absolute Gasteiger partial charge is 0.255 e. The second-order valence-electron chi connectivity index (χ2n) is 5.61. The quantitative estimate of drug-likeness (QED) is 0.872. The second-order valence-corrected chi connectivity index (χ2v) is 5.61. The van der Waals surface area contributed by atoms with E-state index in [9.17, 15) is 4.79 Å². The van der Waals surface area contributed by atoms with Gasteiger partial charge in [-0.2, -0.15) is 10.2 Å². The number of rotatable bonds is 4. The average Bonchev–Trinajstić information content (AvgIpc) is 2.53. The van der Waals surface area contributed by atoms with Gasteiger partial charge in [-0.05, 0) is 26.3 Å². The number of amides is 1. The number of piperazine rings is 1. The Kier molecular flexibility index (Phi) is 5.25. The molecule has 1 saturated heterocycles. The fraction of sp³-hybridized carbons (Fsp3) is 0.667. The van der Waals surface area contributed by atoms with Crippen LogP contribution in [0.25, 0.3) is 0 Å². The van der Waals surface area contributed by atoms with Crippen molar-refractivity contribution < 1.29 is 4.79 Å². The predicted octanol–water partition coefficient (Wildman–Crippen LogP) is 0.452. The molecule has 1 aromatic rings. The van der Waals surface area contributed by atoms with Crippen molar-refractivity contribution in [1.29, 1.82) is 0 Å². The Hall–Kier alpha value is -1.53. The number of nitrogens with zero attached hydrogens (tertiary/aromatic N) is 4. The molecule has 1 aliphatic rings. The molecule has 1 aromatic heterocycles. The summed E-state index contributed by atoms with van der Waals surface area (Å²) < 4.78 is 0. The minimum absolute atomic E-state index is 0.0740. The van der Waals surface area contributed by atoms with E-state index in [0.717, 1.165) is 44.0 Å². The van der Waals surface area contributed by atoms with Gasteiger partial charge >= 0.3 is 0 Å². The highest BCUT2D eigenvalue weighted by molar-refractivity contribution is 5.95. The van der Waals surface area contributed by atoms with Crippen LogP contribution in [0.4, 0.5) is 0 Å². The zero-order valence-corrected chi connectivity index (χ0v) is 13.2. The summed E-state index contributed by atoms with van der Waals surface area (Å²) in [6.45, 7) is 9.89. The van der Waals surface area contributed by atoms with Gasteiger partial charge in [0.05, 0.1) is 17.0 Å². The van der Waals surface area contributed by atoms with Crippen LogP contribution >= 0.6 is 0 Å². The molecule has 1 unspecified atom stereocenters. The van der Waals surface area contributed by atoms with E-state index in [0.29, 0.717) is 18.2 Å². The van der Waals surface area contributed by atoms with E-state index in [1.54, 1.807) is 0 Å². The van der Waals surface area contributed by atoms with Crippen molar-refractivity contribution in [3.05, 3.63) is 23.0 Å². The van der Waals surface area contributed by atoms with Crippen molar-refractivity contribution in [1.82, 2.24) is 20.0 Å². The molecule has 0 aromatic carbocycles. The standard InChI is InChI=1S/C15H25N5O/c1-4-14-13(9-11(2)17-18-14)15(21)20-7-5-19(6-8-20)12(3)10-16/h9,12H,4-8,10,16H2,1-3H3. The van der Waals surface area contributed by atoms with Gasteiger partial charge in [0.2, 0.25) is 0 Å². The molecule has 6 nitrogen and oxygen atoms in total. The third kappa shape index (κ3) is 3.57. The van der Waals surface area contributed by atoms with E-state index >= 15 is 0 Å². The molecule has 6 heteroatoms. The molecule has 2 N–H and O–H groups in total. The largest absolute Gasteiger partial charge is 0.336 e. The van der Waals surface area contributed by atoms with Crippen molar-refractivity contribution in [3.63, 3.8) is 0 Å². The first-order valence-electron chi connectivity index (χ1n) is 7.63. The van der Waals surface area contributed by atoms with Gasteiger partial charge in [0, 0.05) is 38.8 Å². The van der Waals surface area contributed by atoms with Crippen LogP contribution in [0.5, 0.6) is 0 Å². The minimum Gasteiger partial charge on any atom is -0.336 e. The van der Waals surface area contributed by atoms with Crippen LogP contribution in [0.1, 0.15) is 35.6 Å². The summed E-state index contributed by atoms with van der Waals surface area (Å²) in [7, 11) is 0. The summed E-state index contributed by atoms with van der Waals surface area (Å²) >= 11 is 0. The molecule has 0 bridgehead atoms. The van der Waals surface area contributed by atoms with Crippen LogP contribution in [-0.2, 0) is 6.42 Å². The number of carbonyl (C=O) groups excluding carboxylic acids is 1. The lowest BCUT2D eigenvalue weighted by molar-refractivity contribution is 0.0587. The van der Waals surface area contributed by atoms with Crippen molar-refractivity contribution in [3.8, 4) is 0 Å². The SMILES string of the molecule is CCc1nnc(C)cc1C(=O)N1CCN(C(C)CN)CC1. The molecule has 0 aliphatic carbocycles. The van der Waals surface area contributed by atoms with Gasteiger partial charge in [-0.3, -0.25) is 9.69 Å². The van der Waals surface area contributed by atoms with Crippen LogP contribution < -0.4 is 5.73 Å². The number of hydrogen-bond donors (Lipinski definition) is 1. The van der Waals surface area contributed by atoms with Crippen LogP contribution in [0, 0.1) is 6.92 Å². The summed E-state index contributed by atoms with van der Waals surface area (Å²) in [6.07, 6.45) is 0.721. The van der Waals surface area contributed by atoms with E-state index in [2.05, 4.69) is 22.0 Å². The average molecular weight is 291 g/mol. The second kappa shape index (κ2) is 6.95. The predicted molar refractivity (Wildman–Crippen MR) is 82.1 cm³/mol. The van der Waals surface area contributed by atoms with E-state index in [1.165, 1.54) is 0 Å². The Morgan fingerprint density at radius 3 is 2.57 bits per heavy atom. The zero-order valence-electron chi connectivity index (χ0n) is 13.2. The Morgan fingerprint density at radius 2 is 2.00 bits per heavy atom. The maximum absolute atomic E-state index is 12.7. The lowest BCUT2D eigenvalue weighted by Gasteiger charge is -2.37. The summed E-state index contributed by atoms with van der Waals surface area (Å²) in [5.74, 6) is 0.0740.